The van der Waals surface area contributed by atoms with Crippen LogP contribution in [0.2, 0.25) is 0 Å². The largest absolute Gasteiger partial charge is 0.493 e. The van der Waals surface area contributed by atoms with Gasteiger partial charge in [0.05, 0.1) is 25.3 Å². The van der Waals surface area contributed by atoms with Crippen LogP contribution in [-0.4, -0.2) is 48.6 Å². The lowest BCUT2D eigenvalue weighted by Gasteiger charge is -2.22. The number of nitrogens with zero attached hydrogens (tertiary/aromatic N) is 2. The highest BCUT2D eigenvalue weighted by molar-refractivity contribution is 6.07. The third-order valence-electron chi connectivity index (χ3n) is 4.60. The second kappa shape index (κ2) is 10.5. The van der Waals surface area contributed by atoms with E-state index in [0.29, 0.717) is 24.4 Å². The van der Waals surface area contributed by atoms with Crippen LogP contribution >= 0.6 is 0 Å². The molecule has 0 atom stereocenters. The number of ether oxygens (including phenoxy) is 2. The van der Waals surface area contributed by atoms with Gasteiger partial charge < -0.3 is 24.3 Å². The molecule has 0 saturated carbocycles. The van der Waals surface area contributed by atoms with E-state index >= 15 is 0 Å². The summed E-state index contributed by atoms with van der Waals surface area (Å²) in [6.07, 6.45) is 3.15. The van der Waals surface area contributed by atoms with Crippen LogP contribution in [0.5, 0.6) is 11.5 Å². The number of pyridine rings is 1. The maximum atomic E-state index is 12.9. The molecular formula is C22H29N3O5. The summed E-state index contributed by atoms with van der Waals surface area (Å²) >= 11 is 0. The molecule has 162 valence electrons. The Hall–Kier alpha value is -3.29. The van der Waals surface area contributed by atoms with E-state index in [0.717, 1.165) is 12.8 Å². The van der Waals surface area contributed by atoms with Crippen LogP contribution in [0, 0.1) is 0 Å². The van der Waals surface area contributed by atoms with Crippen molar-refractivity contribution in [2.45, 2.75) is 26.7 Å². The van der Waals surface area contributed by atoms with E-state index in [1.807, 2.05) is 13.8 Å². The lowest BCUT2D eigenvalue weighted by Crippen LogP contribution is -2.34. The molecule has 2 aromatic rings. The summed E-state index contributed by atoms with van der Waals surface area (Å²) in [7, 11) is 4.45. The molecule has 0 unspecified atom stereocenters. The van der Waals surface area contributed by atoms with Gasteiger partial charge in [-0.3, -0.25) is 14.4 Å². The minimum absolute atomic E-state index is 0.0196. The van der Waals surface area contributed by atoms with Crippen molar-refractivity contribution in [2.75, 3.05) is 32.6 Å². The topological polar surface area (TPSA) is 89.9 Å². The third kappa shape index (κ3) is 5.00. The standard InChI is InChI=1S/C22H29N3O5/c1-6-11-25(12-7-2)21(27)15-13-17(22(28)24(3)14-15)23-20(26)16-9-8-10-18(29-4)19(16)30-5/h8-10,13-14H,6-7,11-12H2,1-5H3,(H,23,26). The Morgan fingerprint density at radius 3 is 2.33 bits per heavy atom. The molecule has 0 spiro atoms. The van der Waals surface area contributed by atoms with Gasteiger partial charge in [0.25, 0.3) is 17.4 Å². The second-order valence-corrected chi connectivity index (χ2v) is 6.85. The fraction of sp³-hybridized carbons (Fsp3) is 0.409. The molecular weight excluding hydrogens is 386 g/mol. The number of methoxy groups -OCH3 is 2. The fourth-order valence-corrected chi connectivity index (χ4v) is 3.21. The van der Waals surface area contributed by atoms with Gasteiger partial charge >= 0.3 is 0 Å². The molecule has 1 aromatic carbocycles. The molecule has 1 heterocycles. The quantitative estimate of drug-likeness (QED) is 0.680. The van der Waals surface area contributed by atoms with Crippen LogP contribution in [-0.2, 0) is 7.05 Å². The summed E-state index contributed by atoms with van der Waals surface area (Å²) in [6, 6.07) is 6.32. The first-order chi connectivity index (χ1) is 14.4. The average molecular weight is 415 g/mol. The first-order valence-electron chi connectivity index (χ1n) is 9.90. The zero-order valence-corrected chi connectivity index (χ0v) is 18.2. The number of hydrogen-bond donors (Lipinski definition) is 1. The fourth-order valence-electron chi connectivity index (χ4n) is 3.21. The van der Waals surface area contributed by atoms with Crippen LogP contribution in [0.4, 0.5) is 5.69 Å². The Bertz CT molecular complexity index is 962. The molecule has 8 nitrogen and oxygen atoms in total. The number of hydrogen-bond acceptors (Lipinski definition) is 5. The van der Waals surface area contributed by atoms with Crippen molar-refractivity contribution in [1.29, 1.82) is 0 Å². The molecule has 0 aliphatic rings. The molecule has 0 aliphatic heterocycles. The van der Waals surface area contributed by atoms with Gasteiger partial charge in [0.1, 0.15) is 5.69 Å². The summed E-state index contributed by atoms with van der Waals surface area (Å²) < 4.78 is 11.8. The van der Waals surface area contributed by atoms with Crippen LogP contribution in [0.3, 0.4) is 0 Å². The first-order valence-corrected chi connectivity index (χ1v) is 9.90. The van der Waals surface area contributed by atoms with E-state index in [1.165, 1.54) is 31.0 Å². The molecule has 0 aliphatic carbocycles. The maximum absolute atomic E-state index is 12.9. The SMILES string of the molecule is CCCN(CCC)C(=O)c1cc(NC(=O)c2cccc(OC)c2OC)c(=O)n(C)c1. The van der Waals surface area contributed by atoms with Crippen LogP contribution in [0.1, 0.15) is 47.4 Å². The van der Waals surface area contributed by atoms with Crippen molar-refractivity contribution >= 4 is 17.5 Å². The lowest BCUT2D eigenvalue weighted by molar-refractivity contribution is 0.0754. The summed E-state index contributed by atoms with van der Waals surface area (Å²) in [6.45, 7) is 5.25. The van der Waals surface area contributed by atoms with Gasteiger partial charge in [-0.2, -0.15) is 0 Å². The maximum Gasteiger partial charge on any atom is 0.274 e. The van der Waals surface area contributed by atoms with Crippen LogP contribution in [0.15, 0.2) is 35.3 Å². The number of aromatic nitrogens is 1. The van der Waals surface area contributed by atoms with E-state index in [9.17, 15) is 14.4 Å². The van der Waals surface area contributed by atoms with Gasteiger partial charge in [-0.25, -0.2) is 0 Å². The zero-order chi connectivity index (χ0) is 22.3. The van der Waals surface area contributed by atoms with Crippen molar-refractivity contribution < 1.29 is 19.1 Å². The summed E-state index contributed by atoms with van der Waals surface area (Å²) in [4.78, 5) is 40.1. The molecule has 2 rings (SSSR count). The molecule has 2 amide bonds. The van der Waals surface area contributed by atoms with E-state index in [4.69, 9.17) is 9.47 Å². The van der Waals surface area contributed by atoms with Gasteiger partial charge in [0.2, 0.25) is 0 Å². The number of amides is 2. The minimum atomic E-state index is -0.536. The molecule has 0 bridgehead atoms. The number of anilines is 1. The highest BCUT2D eigenvalue weighted by Crippen LogP contribution is 2.31. The van der Waals surface area contributed by atoms with Crippen molar-refractivity contribution in [2.24, 2.45) is 7.05 Å². The Balaban J connectivity index is 2.40. The van der Waals surface area contributed by atoms with Gasteiger partial charge in [-0.05, 0) is 31.0 Å². The minimum Gasteiger partial charge on any atom is -0.493 e. The Morgan fingerprint density at radius 1 is 1.10 bits per heavy atom. The molecule has 0 fully saturated rings. The lowest BCUT2D eigenvalue weighted by atomic mass is 10.1. The summed E-state index contributed by atoms with van der Waals surface area (Å²) in [5.74, 6) is -0.0504. The van der Waals surface area contributed by atoms with E-state index in [-0.39, 0.29) is 22.9 Å². The number of rotatable bonds is 9. The van der Waals surface area contributed by atoms with Crippen molar-refractivity contribution in [1.82, 2.24) is 9.47 Å². The van der Waals surface area contributed by atoms with Crippen molar-refractivity contribution in [3.05, 3.63) is 51.9 Å². The smallest absolute Gasteiger partial charge is 0.274 e. The second-order valence-electron chi connectivity index (χ2n) is 6.85. The number of benzene rings is 1. The van der Waals surface area contributed by atoms with Crippen molar-refractivity contribution in [3.8, 4) is 11.5 Å². The predicted molar refractivity (Wildman–Crippen MR) is 116 cm³/mol. The molecule has 30 heavy (non-hydrogen) atoms. The third-order valence-corrected chi connectivity index (χ3v) is 4.60. The Kier molecular flexibility index (Phi) is 8.03. The number of aryl methyl sites for hydroxylation is 1. The predicted octanol–water partition coefficient (Wildman–Crippen LogP) is 2.92. The van der Waals surface area contributed by atoms with Gasteiger partial charge in [-0.15, -0.1) is 0 Å². The molecule has 1 N–H and O–H groups in total. The van der Waals surface area contributed by atoms with Gasteiger partial charge in [0.15, 0.2) is 11.5 Å². The molecule has 0 saturated heterocycles. The Labute approximate surface area is 176 Å². The van der Waals surface area contributed by atoms with Crippen LogP contribution < -0.4 is 20.3 Å². The summed E-state index contributed by atoms with van der Waals surface area (Å²) in [5.41, 5.74) is 0.159. The molecule has 8 heteroatoms. The number of nitrogens with one attached hydrogen (secondary N) is 1. The normalized spacial score (nSPS) is 10.4. The number of carbonyl (C=O) groups is 2. The average Bonchev–Trinajstić information content (AvgIpc) is 2.75. The van der Waals surface area contributed by atoms with E-state index in [1.54, 1.807) is 30.1 Å². The number of para-hydroxylation sites is 1. The monoisotopic (exact) mass is 415 g/mol. The van der Waals surface area contributed by atoms with E-state index < -0.39 is 11.5 Å². The summed E-state index contributed by atoms with van der Waals surface area (Å²) in [5, 5.41) is 2.61. The highest BCUT2D eigenvalue weighted by atomic mass is 16.5. The van der Waals surface area contributed by atoms with E-state index in [2.05, 4.69) is 5.32 Å². The molecule has 0 radical (unpaired) electrons. The Morgan fingerprint density at radius 2 is 1.77 bits per heavy atom. The van der Waals surface area contributed by atoms with Crippen molar-refractivity contribution in [3.63, 3.8) is 0 Å². The van der Waals surface area contributed by atoms with Crippen LogP contribution in [0.25, 0.3) is 0 Å². The zero-order valence-electron chi connectivity index (χ0n) is 18.2. The highest BCUT2D eigenvalue weighted by Gasteiger charge is 2.20. The first kappa shape index (κ1) is 23.0. The van der Waals surface area contributed by atoms with Gasteiger partial charge in [0, 0.05) is 26.3 Å². The number of carbonyl (C=O) groups excluding carboxylic acids is 2. The molecule has 1 aromatic heterocycles. The van der Waals surface area contributed by atoms with Gasteiger partial charge in [-0.1, -0.05) is 19.9 Å².